The van der Waals surface area contributed by atoms with Crippen molar-refractivity contribution >= 4 is 34.2 Å². The Bertz CT molecular complexity index is 629. The molecule has 2 aromatic rings. The molecule has 0 aliphatic rings. The zero-order valence-corrected chi connectivity index (χ0v) is 15.9. The number of aromatic nitrogens is 2. The minimum Gasteiger partial charge on any atom is -0.344 e. The van der Waals surface area contributed by atoms with Gasteiger partial charge in [-0.3, -0.25) is 9.48 Å². The Morgan fingerprint density at radius 1 is 1.39 bits per heavy atom. The van der Waals surface area contributed by atoms with Crippen LogP contribution in [0.5, 0.6) is 0 Å². The molecule has 1 heterocycles. The van der Waals surface area contributed by atoms with Crippen LogP contribution in [0.3, 0.4) is 0 Å². The topological polar surface area (TPSA) is 50.2 Å². The van der Waals surface area contributed by atoms with Crippen molar-refractivity contribution in [2.24, 2.45) is 7.05 Å². The quantitative estimate of drug-likeness (QED) is 0.809. The van der Waals surface area contributed by atoms with Gasteiger partial charge in [-0.05, 0) is 31.2 Å². The SMILES string of the molecule is CNC(C(=O)N(C)CCc1ccc(Br)cc1)c1cnn(C)c1.Cl. The molecule has 0 aliphatic heterocycles. The molecule has 23 heavy (non-hydrogen) atoms. The highest BCUT2D eigenvalue weighted by Gasteiger charge is 2.23. The number of rotatable bonds is 6. The fraction of sp³-hybridized carbons (Fsp3) is 0.375. The summed E-state index contributed by atoms with van der Waals surface area (Å²) >= 11 is 3.42. The molecule has 0 aliphatic carbocycles. The van der Waals surface area contributed by atoms with Crippen LogP contribution in [0.1, 0.15) is 17.2 Å². The Hall–Kier alpha value is -1.37. The average molecular weight is 402 g/mol. The van der Waals surface area contributed by atoms with Gasteiger partial charge in [0.2, 0.25) is 5.91 Å². The van der Waals surface area contributed by atoms with E-state index in [1.807, 2.05) is 32.4 Å². The van der Waals surface area contributed by atoms with Crippen molar-refractivity contribution in [3.05, 3.63) is 52.3 Å². The van der Waals surface area contributed by atoms with E-state index in [4.69, 9.17) is 0 Å². The van der Waals surface area contributed by atoms with Gasteiger partial charge in [0.25, 0.3) is 0 Å². The maximum atomic E-state index is 12.6. The average Bonchev–Trinajstić information content (AvgIpc) is 2.93. The highest BCUT2D eigenvalue weighted by atomic mass is 79.9. The van der Waals surface area contributed by atoms with Crippen LogP contribution < -0.4 is 5.32 Å². The molecule has 7 heteroatoms. The lowest BCUT2D eigenvalue weighted by Gasteiger charge is -2.23. The first-order valence-corrected chi connectivity index (χ1v) is 7.96. The van der Waals surface area contributed by atoms with Crippen molar-refractivity contribution in [3.63, 3.8) is 0 Å². The van der Waals surface area contributed by atoms with Crippen LogP contribution in [0.15, 0.2) is 41.1 Å². The van der Waals surface area contributed by atoms with E-state index in [1.165, 1.54) is 5.56 Å². The second kappa shape index (κ2) is 9.05. The number of likely N-dealkylation sites (N-methyl/N-ethyl adjacent to an activating group) is 2. The van der Waals surface area contributed by atoms with Crippen LogP contribution in [0.25, 0.3) is 0 Å². The largest absolute Gasteiger partial charge is 0.344 e. The Morgan fingerprint density at radius 3 is 2.57 bits per heavy atom. The monoisotopic (exact) mass is 400 g/mol. The number of hydrogen-bond acceptors (Lipinski definition) is 3. The lowest BCUT2D eigenvalue weighted by Crippen LogP contribution is -2.38. The molecular weight excluding hydrogens is 380 g/mol. The van der Waals surface area contributed by atoms with Gasteiger partial charge < -0.3 is 10.2 Å². The molecule has 0 fully saturated rings. The molecule has 1 N–H and O–H groups in total. The fourth-order valence-corrected chi connectivity index (χ4v) is 2.56. The molecule has 0 bridgehead atoms. The molecule has 0 saturated heterocycles. The first-order valence-electron chi connectivity index (χ1n) is 7.16. The molecule has 0 spiro atoms. The number of nitrogens with zero attached hydrogens (tertiary/aromatic N) is 3. The van der Waals surface area contributed by atoms with Crippen LogP contribution in [0.4, 0.5) is 0 Å². The maximum Gasteiger partial charge on any atom is 0.244 e. The summed E-state index contributed by atoms with van der Waals surface area (Å²) in [5.41, 5.74) is 2.09. The summed E-state index contributed by atoms with van der Waals surface area (Å²) in [5, 5.41) is 7.20. The standard InChI is InChI=1S/C16H21BrN4O.ClH/c1-18-15(13-10-19-21(3)11-13)16(22)20(2)9-8-12-4-6-14(17)7-5-12;/h4-7,10-11,15,18H,8-9H2,1-3H3;1H. The summed E-state index contributed by atoms with van der Waals surface area (Å²) < 4.78 is 2.77. The number of aryl methyl sites for hydroxylation is 1. The number of benzene rings is 1. The molecule has 126 valence electrons. The first kappa shape index (κ1) is 19.7. The van der Waals surface area contributed by atoms with Crippen LogP contribution in [0.2, 0.25) is 0 Å². The van der Waals surface area contributed by atoms with E-state index in [0.29, 0.717) is 6.54 Å². The molecule has 1 amide bonds. The van der Waals surface area contributed by atoms with Crippen molar-refractivity contribution in [1.29, 1.82) is 0 Å². The van der Waals surface area contributed by atoms with Gasteiger partial charge in [0.1, 0.15) is 6.04 Å². The number of carbonyl (C=O) groups excluding carboxylic acids is 1. The van der Waals surface area contributed by atoms with Crippen molar-refractivity contribution in [2.45, 2.75) is 12.5 Å². The highest BCUT2D eigenvalue weighted by Crippen LogP contribution is 2.15. The van der Waals surface area contributed by atoms with E-state index >= 15 is 0 Å². The Labute approximate surface area is 151 Å². The van der Waals surface area contributed by atoms with Crippen LogP contribution >= 0.6 is 28.3 Å². The molecule has 0 saturated carbocycles. The van der Waals surface area contributed by atoms with E-state index in [0.717, 1.165) is 16.5 Å². The van der Waals surface area contributed by atoms with Crippen molar-refractivity contribution in [1.82, 2.24) is 20.0 Å². The molecular formula is C16H22BrClN4O. The van der Waals surface area contributed by atoms with Gasteiger partial charge in [-0.25, -0.2) is 0 Å². The van der Waals surface area contributed by atoms with Crippen molar-refractivity contribution in [2.75, 3.05) is 20.6 Å². The molecule has 1 atom stereocenters. The van der Waals surface area contributed by atoms with Gasteiger partial charge in [-0.1, -0.05) is 28.1 Å². The summed E-state index contributed by atoms with van der Waals surface area (Å²) in [4.78, 5) is 14.3. The number of hydrogen-bond donors (Lipinski definition) is 1. The summed E-state index contributed by atoms with van der Waals surface area (Å²) in [6.45, 7) is 0.679. The smallest absolute Gasteiger partial charge is 0.244 e. The van der Waals surface area contributed by atoms with Gasteiger partial charge in [0.05, 0.1) is 6.20 Å². The summed E-state index contributed by atoms with van der Waals surface area (Å²) in [5.74, 6) is 0.0487. The number of halogens is 2. The van der Waals surface area contributed by atoms with E-state index < -0.39 is 0 Å². The summed E-state index contributed by atoms with van der Waals surface area (Å²) in [7, 11) is 5.47. The number of amides is 1. The Morgan fingerprint density at radius 2 is 2.04 bits per heavy atom. The minimum absolute atomic E-state index is 0. The van der Waals surface area contributed by atoms with Crippen molar-refractivity contribution < 1.29 is 4.79 Å². The van der Waals surface area contributed by atoms with Gasteiger partial charge in [-0.2, -0.15) is 5.10 Å². The number of carbonyl (C=O) groups is 1. The predicted molar refractivity (Wildman–Crippen MR) is 97.7 cm³/mol. The molecule has 2 rings (SSSR count). The summed E-state index contributed by atoms with van der Waals surface area (Å²) in [6, 6.07) is 7.81. The summed E-state index contributed by atoms with van der Waals surface area (Å²) in [6.07, 6.45) is 4.42. The van der Waals surface area contributed by atoms with E-state index in [-0.39, 0.29) is 24.4 Å². The second-order valence-electron chi connectivity index (χ2n) is 5.31. The first-order chi connectivity index (χ1) is 10.5. The molecule has 1 aromatic heterocycles. The Kier molecular flexibility index (Phi) is 7.75. The minimum atomic E-state index is -0.358. The normalized spacial score (nSPS) is 11.7. The van der Waals surface area contributed by atoms with E-state index in [9.17, 15) is 4.79 Å². The van der Waals surface area contributed by atoms with Gasteiger partial charge >= 0.3 is 0 Å². The molecule has 1 unspecified atom stereocenters. The van der Waals surface area contributed by atoms with E-state index in [2.05, 4.69) is 38.5 Å². The van der Waals surface area contributed by atoms with Crippen molar-refractivity contribution in [3.8, 4) is 0 Å². The maximum absolute atomic E-state index is 12.6. The highest BCUT2D eigenvalue weighted by molar-refractivity contribution is 9.10. The molecule has 0 radical (unpaired) electrons. The third kappa shape index (κ3) is 5.34. The zero-order valence-electron chi connectivity index (χ0n) is 13.5. The van der Waals surface area contributed by atoms with Gasteiger partial charge in [-0.15, -0.1) is 12.4 Å². The van der Waals surface area contributed by atoms with E-state index in [1.54, 1.807) is 22.8 Å². The fourth-order valence-electron chi connectivity index (χ4n) is 2.30. The third-order valence-electron chi connectivity index (χ3n) is 3.62. The third-order valence-corrected chi connectivity index (χ3v) is 4.15. The lowest BCUT2D eigenvalue weighted by molar-refractivity contribution is -0.132. The molecule has 1 aromatic carbocycles. The Balaban J connectivity index is 0.00000264. The second-order valence-corrected chi connectivity index (χ2v) is 6.22. The van der Waals surface area contributed by atoms with Gasteiger partial charge in [0, 0.05) is 36.9 Å². The lowest BCUT2D eigenvalue weighted by atomic mass is 10.1. The van der Waals surface area contributed by atoms with Crippen LogP contribution in [-0.4, -0.2) is 41.2 Å². The van der Waals surface area contributed by atoms with Crippen LogP contribution in [0, 0.1) is 0 Å². The zero-order chi connectivity index (χ0) is 16.1. The number of nitrogens with one attached hydrogen (secondary N) is 1. The van der Waals surface area contributed by atoms with Crippen LogP contribution in [-0.2, 0) is 18.3 Å². The predicted octanol–water partition coefficient (Wildman–Crippen LogP) is 2.57. The molecule has 5 nitrogen and oxygen atoms in total. The van der Waals surface area contributed by atoms with Gasteiger partial charge in [0.15, 0.2) is 0 Å².